The predicted molar refractivity (Wildman–Crippen MR) is 73.0 cm³/mol. The largest absolute Gasteiger partial charge is 0.487 e. The van der Waals surface area contributed by atoms with Crippen LogP contribution in [0.25, 0.3) is 0 Å². The summed E-state index contributed by atoms with van der Waals surface area (Å²) < 4.78 is 49.2. The van der Waals surface area contributed by atoms with Gasteiger partial charge in [0.25, 0.3) is 0 Å². The van der Waals surface area contributed by atoms with Crippen molar-refractivity contribution in [2.45, 2.75) is 11.9 Å². The summed E-state index contributed by atoms with van der Waals surface area (Å²) in [6.45, 7) is 0. The second kappa shape index (κ2) is 5.12. The van der Waals surface area contributed by atoms with Crippen molar-refractivity contribution < 1.29 is 21.6 Å². The lowest BCUT2D eigenvalue weighted by Gasteiger charge is -2.26. The van der Waals surface area contributed by atoms with E-state index in [0.29, 0.717) is 11.3 Å². The standard InChI is InChI=1S/C10H10Cl2O5S2/c11-9-3-7(4-19(12,15)16)1-2-10(9)17-8-5-18(13,14)6-8/h1-3,8H,4-6H2. The first-order chi connectivity index (χ1) is 8.65. The van der Waals surface area contributed by atoms with Crippen LogP contribution in [0.3, 0.4) is 0 Å². The minimum absolute atomic E-state index is 0.0266. The molecule has 1 aromatic rings. The molecule has 0 radical (unpaired) electrons. The van der Waals surface area contributed by atoms with Crippen LogP contribution in [0.4, 0.5) is 0 Å². The van der Waals surface area contributed by atoms with Crippen LogP contribution in [0.1, 0.15) is 5.56 Å². The van der Waals surface area contributed by atoms with Gasteiger partial charge in [-0.1, -0.05) is 17.7 Å². The summed E-state index contributed by atoms with van der Waals surface area (Å²) in [5.74, 6) is -0.0495. The molecule has 0 aliphatic carbocycles. The summed E-state index contributed by atoms with van der Waals surface area (Å²) >= 11 is 5.94. The molecule has 0 atom stereocenters. The highest BCUT2D eigenvalue weighted by Gasteiger charge is 2.35. The summed E-state index contributed by atoms with van der Waals surface area (Å²) in [5.41, 5.74) is 0.439. The zero-order valence-electron chi connectivity index (χ0n) is 9.54. The molecular weight excluding hydrogens is 335 g/mol. The van der Waals surface area contributed by atoms with Crippen molar-refractivity contribution in [3.05, 3.63) is 28.8 Å². The smallest absolute Gasteiger partial charge is 0.236 e. The molecule has 1 saturated heterocycles. The van der Waals surface area contributed by atoms with E-state index in [0.717, 1.165) is 0 Å². The minimum Gasteiger partial charge on any atom is -0.487 e. The quantitative estimate of drug-likeness (QED) is 0.775. The van der Waals surface area contributed by atoms with Gasteiger partial charge in [0.05, 0.1) is 22.3 Å². The third kappa shape index (κ3) is 4.24. The number of hydrogen-bond acceptors (Lipinski definition) is 5. The number of hydrogen-bond donors (Lipinski definition) is 0. The van der Waals surface area contributed by atoms with E-state index in [1.165, 1.54) is 18.2 Å². The van der Waals surface area contributed by atoms with E-state index < -0.39 is 25.0 Å². The predicted octanol–water partition coefficient (Wildman–Crippen LogP) is 1.58. The molecule has 1 aliphatic heterocycles. The second-order valence-corrected chi connectivity index (χ2v) is 9.60. The Morgan fingerprint density at radius 3 is 2.42 bits per heavy atom. The second-order valence-electron chi connectivity index (χ2n) is 4.26. The highest BCUT2D eigenvalue weighted by Crippen LogP contribution is 2.29. The lowest BCUT2D eigenvalue weighted by molar-refractivity contribution is 0.230. The molecule has 1 aliphatic rings. The molecule has 5 nitrogen and oxygen atoms in total. The van der Waals surface area contributed by atoms with Gasteiger partial charge in [-0.2, -0.15) is 0 Å². The van der Waals surface area contributed by atoms with Gasteiger partial charge in [-0.25, -0.2) is 16.8 Å². The van der Waals surface area contributed by atoms with Crippen molar-refractivity contribution in [3.63, 3.8) is 0 Å². The lowest BCUT2D eigenvalue weighted by Crippen LogP contribution is -2.45. The average Bonchev–Trinajstić information content (AvgIpc) is 2.16. The number of ether oxygens (including phenoxy) is 1. The molecule has 2 rings (SSSR count). The van der Waals surface area contributed by atoms with Gasteiger partial charge in [-0.05, 0) is 17.7 Å². The molecule has 106 valence electrons. The fraction of sp³-hybridized carbons (Fsp3) is 0.400. The van der Waals surface area contributed by atoms with Crippen molar-refractivity contribution in [1.29, 1.82) is 0 Å². The van der Waals surface area contributed by atoms with Crippen LogP contribution in [-0.4, -0.2) is 34.4 Å². The maximum absolute atomic E-state index is 11.0. The molecule has 1 aromatic carbocycles. The van der Waals surface area contributed by atoms with Crippen LogP contribution in [-0.2, 0) is 24.6 Å². The van der Waals surface area contributed by atoms with Gasteiger partial charge in [0.1, 0.15) is 11.9 Å². The molecular formula is C10H10Cl2O5S2. The highest BCUT2D eigenvalue weighted by molar-refractivity contribution is 8.13. The maximum atomic E-state index is 11.0. The SMILES string of the molecule is O=S(=O)(Cl)Cc1ccc(OC2CS(=O)(=O)C2)c(Cl)c1. The summed E-state index contributed by atoms with van der Waals surface area (Å²) in [4.78, 5) is 0. The Bertz CT molecular complexity index is 685. The molecule has 1 heterocycles. The van der Waals surface area contributed by atoms with E-state index in [2.05, 4.69) is 0 Å². The Hall–Kier alpha value is -0.500. The van der Waals surface area contributed by atoms with Gasteiger partial charge in [-0.15, -0.1) is 0 Å². The highest BCUT2D eigenvalue weighted by atomic mass is 35.7. The summed E-state index contributed by atoms with van der Waals surface area (Å²) in [7, 11) is -1.47. The minimum atomic E-state index is -3.65. The normalized spacial score (nSPS) is 18.8. The monoisotopic (exact) mass is 344 g/mol. The van der Waals surface area contributed by atoms with Crippen molar-refractivity contribution in [2.75, 3.05) is 11.5 Å². The number of sulfone groups is 1. The van der Waals surface area contributed by atoms with E-state index in [-0.39, 0.29) is 22.3 Å². The van der Waals surface area contributed by atoms with Crippen LogP contribution < -0.4 is 4.74 Å². The van der Waals surface area contributed by atoms with E-state index >= 15 is 0 Å². The fourth-order valence-electron chi connectivity index (χ4n) is 1.69. The molecule has 19 heavy (non-hydrogen) atoms. The first-order valence-corrected chi connectivity index (χ1v) is 9.90. The topological polar surface area (TPSA) is 77.5 Å². The van der Waals surface area contributed by atoms with Crippen molar-refractivity contribution in [3.8, 4) is 5.75 Å². The maximum Gasteiger partial charge on any atom is 0.236 e. The third-order valence-corrected chi connectivity index (χ3v) is 5.57. The van der Waals surface area contributed by atoms with E-state index in [1.54, 1.807) is 0 Å². The summed E-state index contributed by atoms with van der Waals surface area (Å²) in [5, 5.41) is 0.224. The van der Waals surface area contributed by atoms with Crippen molar-refractivity contribution in [1.82, 2.24) is 0 Å². The molecule has 0 saturated carbocycles. The Morgan fingerprint density at radius 2 is 1.95 bits per heavy atom. The Balaban J connectivity index is 2.08. The Kier molecular flexibility index (Phi) is 4.02. The molecule has 0 unspecified atom stereocenters. The first-order valence-electron chi connectivity index (χ1n) is 5.22. The molecule has 0 N–H and O–H groups in total. The molecule has 9 heteroatoms. The van der Waals surface area contributed by atoms with Gasteiger partial charge in [-0.3, -0.25) is 0 Å². The zero-order valence-corrected chi connectivity index (χ0v) is 12.7. The summed E-state index contributed by atoms with van der Waals surface area (Å²) in [6, 6.07) is 4.46. The Labute approximate surface area is 120 Å². The third-order valence-electron chi connectivity index (χ3n) is 2.51. The number of rotatable bonds is 4. The van der Waals surface area contributed by atoms with Gasteiger partial charge in [0.2, 0.25) is 9.05 Å². The van der Waals surface area contributed by atoms with Crippen LogP contribution in [0, 0.1) is 0 Å². The van der Waals surface area contributed by atoms with Crippen LogP contribution in [0.2, 0.25) is 5.02 Å². The van der Waals surface area contributed by atoms with E-state index in [1.807, 2.05) is 0 Å². The molecule has 0 amide bonds. The summed E-state index contributed by atoms with van der Waals surface area (Å²) in [6.07, 6.45) is -0.398. The number of halogens is 2. The molecule has 1 fully saturated rings. The van der Waals surface area contributed by atoms with Gasteiger partial charge in [0, 0.05) is 10.7 Å². The molecule has 0 spiro atoms. The van der Waals surface area contributed by atoms with Crippen molar-refractivity contribution >= 4 is 41.2 Å². The van der Waals surface area contributed by atoms with Gasteiger partial charge in [0.15, 0.2) is 9.84 Å². The van der Waals surface area contributed by atoms with E-state index in [9.17, 15) is 16.8 Å². The van der Waals surface area contributed by atoms with Crippen LogP contribution in [0.15, 0.2) is 18.2 Å². The lowest BCUT2D eigenvalue weighted by atomic mass is 10.2. The Morgan fingerprint density at radius 1 is 1.32 bits per heavy atom. The number of benzene rings is 1. The fourth-order valence-corrected chi connectivity index (χ4v) is 4.07. The molecule has 0 aromatic heterocycles. The average molecular weight is 345 g/mol. The zero-order chi connectivity index (χ0) is 14.3. The molecule has 0 bridgehead atoms. The first kappa shape index (κ1) is 14.9. The van der Waals surface area contributed by atoms with Gasteiger partial charge >= 0.3 is 0 Å². The van der Waals surface area contributed by atoms with Gasteiger partial charge < -0.3 is 4.74 Å². The van der Waals surface area contributed by atoms with Crippen LogP contribution >= 0.6 is 22.3 Å². The van der Waals surface area contributed by atoms with E-state index in [4.69, 9.17) is 27.0 Å². The van der Waals surface area contributed by atoms with Crippen molar-refractivity contribution in [2.24, 2.45) is 0 Å². The van der Waals surface area contributed by atoms with Crippen LogP contribution in [0.5, 0.6) is 5.75 Å².